The van der Waals surface area contributed by atoms with Gasteiger partial charge in [-0.1, -0.05) is 11.6 Å². The van der Waals surface area contributed by atoms with Crippen LogP contribution in [0.3, 0.4) is 0 Å². The molecule has 0 spiro atoms. The number of hydrogen-bond donors (Lipinski definition) is 1. The summed E-state index contributed by atoms with van der Waals surface area (Å²) < 4.78 is 2.75. The normalized spacial score (nSPS) is 17.8. The number of carbonyl (C=O) groups excluding carboxylic acids is 1. The Morgan fingerprint density at radius 3 is 3.14 bits per heavy atom. The second kappa shape index (κ2) is 4.54. The maximum Gasteiger partial charge on any atom is 0.271 e. The highest BCUT2D eigenvalue weighted by Gasteiger charge is 2.30. The van der Waals surface area contributed by atoms with Crippen LogP contribution in [0.5, 0.6) is 0 Å². The van der Waals surface area contributed by atoms with E-state index in [9.17, 15) is 4.79 Å². The zero-order valence-corrected chi connectivity index (χ0v) is 12.7. The number of rotatable bonds is 1. The van der Waals surface area contributed by atoms with E-state index >= 15 is 0 Å². The number of nitrogens with zero attached hydrogens (tertiary/aromatic N) is 3. The van der Waals surface area contributed by atoms with Gasteiger partial charge in [-0.15, -0.1) is 11.3 Å². The number of amides is 1. The number of aromatic nitrogens is 3. The number of fused-ring (bicyclic) bond motifs is 2. The van der Waals surface area contributed by atoms with Crippen molar-refractivity contribution in [1.29, 1.82) is 0 Å². The summed E-state index contributed by atoms with van der Waals surface area (Å²) in [6, 6.07) is 3.94. The molecule has 106 valence electrons. The molecule has 0 aromatic carbocycles. The van der Waals surface area contributed by atoms with Gasteiger partial charge in [0.2, 0.25) is 0 Å². The Kier molecular flexibility index (Phi) is 2.77. The van der Waals surface area contributed by atoms with Crippen LogP contribution in [-0.4, -0.2) is 27.2 Å². The fourth-order valence-corrected chi connectivity index (χ4v) is 3.76. The van der Waals surface area contributed by atoms with Gasteiger partial charge < -0.3 is 5.32 Å². The Labute approximate surface area is 129 Å². The number of hydrogen-bond acceptors (Lipinski definition) is 4. The molecule has 3 aromatic rings. The molecule has 3 aromatic heterocycles. The highest BCUT2D eigenvalue weighted by atomic mass is 35.5. The van der Waals surface area contributed by atoms with E-state index < -0.39 is 0 Å². The summed E-state index contributed by atoms with van der Waals surface area (Å²) >= 11 is 8.04. The van der Waals surface area contributed by atoms with Crippen LogP contribution in [0, 0.1) is 0 Å². The minimum absolute atomic E-state index is 0.0876. The van der Waals surface area contributed by atoms with E-state index in [1.54, 1.807) is 22.2 Å². The maximum atomic E-state index is 12.0. The third kappa shape index (κ3) is 1.79. The lowest BCUT2D eigenvalue weighted by atomic mass is 10.1. The monoisotopic (exact) mass is 318 g/mol. The number of carbonyl (C=O) groups is 1. The van der Waals surface area contributed by atoms with Crippen molar-refractivity contribution in [2.24, 2.45) is 0 Å². The minimum atomic E-state index is -0.173. The largest absolute Gasteiger partial charge is 0.349 e. The van der Waals surface area contributed by atoms with Crippen molar-refractivity contribution < 1.29 is 4.79 Å². The number of nitrogens with one attached hydrogen (secondary N) is 1. The van der Waals surface area contributed by atoms with E-state index in [0.717, 1.165) is 15.8 Å². The van der Waals surface area contributed by atoms with E-state index in [1.807, 2.05) is 24.4 Å². The first-order valence-electron chi connectivity index (χ1n) is 6.55. The Balaban J connectivity index is 2.00. The van der Waals surface area contributed by atoms with E-state index in [4.69, 9.17) is 11.6 Å². The molecule has 4 heterocycles. The molecule has 0 saturated carbocycles. The average molecular weight is 319 g/mol. The van der Waals surface area contributed by atoms with Crippen LogP contribution in [0.4, 0.5) is 0 Å². The average Bonchev–Trinajstić information content (AvgIpc) is 3.08. The summed E-state index contributed by atoms with van der Waals surface area (Å²) in [4.78, 5) is 16.4. The molecule has 1 N–H and O–H groups in total. The van der Waals surface area contributed by atoms with Crippen molar-refractivity contribution in [1.82, 2.24) is 20.1 Å². The zero-order chi connectivity index (χ0) is 14.6. The van der Waals surface area contributed by atoms with Gasteiger partial charge in [0.1, 0.15) is 11.4 Å². The Bertz CT molecular complexity index is 869. The highest BCUT2D eigenvalue weighted by molar-refractivity contribution is 7.17. The van der Waals surface area contributed by atoms with Crippen LogP contribution in [0.1, 0.15) is 23.5 Å². The third-order valence-electron chi connectivity index (χ3n) is 3.64. The second-order valence-corrected chi connectivity index (χ2v) is 6.30. The summed E-state index contributed by atoms with van der Waals surface area (Å²) in [7, 11) is 0. The summed E-state index contributed by atoms with van der Waals surface area (Å²) in [5, 5.41) is 9.81. The lowest BCUT2D eigenvalue weighted by Gasteiger charge is -2.21. The topological polar surface area (TPSA) is 59.8 Å². The molecule has 1 amide bonds. The van der Waals surface area contributed by atoms with Crippen molar-refractivity contribution in [3.05, 3.63) is 34.4 Å². The molecule has 21 heavy (non-hydrogen) atoms. The quantitative estimate of drug-likeness (QED) is 0.750. The van der Waals surface area contributed by atoms with Gasteiger partial charge in [-0.3, -0.25) is 14.5 Å². The van der Waals surface area contributed by atoms with Crippen LogP contribution < -0.4 is 5.32 Å². The molecule has 0 aliphatic carbocycles. The molecule has 0 unspecified atom stereocenters. The molecule has 0 radical (unpaired) electrons. The predicted molar refractivity (Wildman–Crippen MR) is 82.9 cm³/mol. The Hall–Kier alpha value is -1.92. The van der Waals surface area contributed by atoms with E-state index in [0.29, 0.717) is 23.0 Å². The first-order valence-corrected chi connectivity index (χ1v) is 7.81. The molecular formula is C14H11ClN4OS. The molecule has 1 aliphatic heterocycles. The lowest BCUT2D eigenvalue weighted by molar-refractivity contribution is 0.0913. The van der Waals surface area contributed by atoms with Crippen LogP contribution in [-0.2, 0) is 0 Å². The van der Waals surface area contributed by atoms with Crippen molar-refractivity contribution in [2.75, 3.05) is 6.54 Å². The fraction of sp³-hybridized carbons (Fsp3) is 0.214. The van der Waals surface area contributed by atoms with Crippen molar-refractivity contribution in [3.63, 3.8) is 0 Å². The van der Waals surface area contributed by atoms with Crippen molar-refractivity contribution >= 4 is 39.1 Å². The Morgan fingerprint density at radius 1 is 1.48 bits per heavy atom. The van der Waals surface area contributed by atoms with Gasteiger partial charge in [-0.2, -0.15) is 5.10 Å². The van der Waals surface area contributed by atoms with Gasteiger partial charge in [0, 0.05) is 18.3 Å². The first kappa shape index (κ1) is 12.8. The van der Waals surface area contributed by atoms with Crippen LogP contribution in [0.25, 0.3) is 21.5 Å². The smallest absolute Gasteiger partial charge is 0.271 e. The minimum Gasteiger partial charge on any atom is -0.349 e. The lowest BCUT2D eigenvalue weighted by Crippen LogP contribution is -2.38. The molecule has 1 atom stereocenters. The molecule has 0 fully saturated rings. The molecule has 7 heteroatoms. The summed E-state index contributed by atoms with van der Waals surface area (Å²) in [5.74, 6) is -0.173. The molecule has 0 saturated heterocycles. The van der Waals surface area contributed by atoms with Crippen molar-refractivity contribution in [2.45, 2.75) is 13.0 Å². The number of halogens is 1. The summed E-state index contributed by atoms with van der Waals surface area (Å²) in [6.07, 6.45) is 1.74. The molecule has 1 aliphatic rings. The van der Waals surface area contributed by atoms with E-state index in [2.05, 4.69) is 15.4 Å². The van der Waals surface area contributed by atoms with E-state index in [1.165, 1.54) is 0 Å². The van der Waals surface area contributed by atoms with Crippen LogP contribution >= 0.6 is 22.9 Å². The third-order valence-corrected chi connectivity index (χ3v) is 4.94. The fourth-order valence-electron chi connectivity index (χ4n) is 2.58. The highest BCUT2D eigenvalue weighted by Crippen LogP contribution is 2.37. The van der Waals surface area contributed by atoms with Crippen LogP contribution in [0.2, 0.25) is 5.02 Å². The van der Waals surface area contributed by atoms with Gasteiger partial charge in [0.05, 0.1) is 21.3 Å². The first-order chi connectivity index (χ1) is 10.2. The van der Waals surface area contributed by atoms with Gasteiger partial charge in [-0.05, 0) is 24.4 Å². The number of pyridine rings is 1. The van der Waals surface area contributed by atoms with Gasteiger partial charge in [-0.25, -0.2) is 0 Å². The SMILES string of the molecule is C[C@@H]1CNC(=O)c2c(Cl)c(-c3ccnc4ccsc34)nn21. The summed E-state index contributed by atoms with van der Waals surface area (Å²) in [5.41, 5.74) is 2.91. The molecule has 0 bridgehead atoms. The van der Waals surface area contributed by atoms with Crippen LogP contribution in [0.15, 0.2) is 23.7 Å². The molecule has 4 rings (SSSR count). The van der Waals surface area contributed by atoms with Crippen molar-refractivity contribution in [3.8, 4) is 11.3 Å². The zero-order valence-electron chi connectivity index (χ0n) is 11.1. The standard InChI is InChI=1S/C14H11ClN4OS/c1-7-6-17-14(20)12-10(15)11(18-19(7)12)8-2-4-16-9-3-5-21-13(8)9/h2-5,7H,6H2,1H3,(H,17,20)/t7-/m1/s1. The van der Waals surface area contributed by atoms with Gasteiger partial charge >= 0.3 is 0 Å². The molecular weight excluding hydrogens is 308 g/mol. The van der Waals surface area contributed by atoms with Gasteiger partial charge in [0.15, 0.2) is 0 Å². The maximum absolute atomic E-state index is 12.0. The number of thiophene rings is 1. The predicted octanol–water partition coefficient (Wildman–Crippen LogP) is 3.12. The second-order valence-electron chi connectivity index (χ2n) is 5.01. The Morgan fingerprint density at radius 2 is 2.33 bits per heavy atom. The summed E-state index contributed by atoms with van der Waals surface area (Å²) in [6.45, 7) is 2.57. The van der Waals surface area contributed by atoms with Gasteiger partial charge in [0.25, 0.3) is 5.91 Å². The molecule has 5 nitrogen and oxygen atoms in total. The van der Waals surface area contributed by atoms with E-state index in [-0.39, 0.29) is 11.9 Å².